The van der Waals surface area contributed by atoms with Gasteiger partial charge >= 0.3 is 0 Å². The van der Waals surface area contributed by atoms with Gasteiger partial charge in [0.05, 0.1) is 11.9 Å². The molecule has 5 rings (SSSR count). The number of nitrogens with one attached hydrogen (secondary N) is 2. The van der Waals surface area contributed by atoms with E-state index in [1.807, 2.05) is 18.2 Å². The molecule has 2 aromatic carbocycles. The molecule has 3 aromatic rings. The summed E-state index contributed by atoms with van der Waals surface area (Å²) in [5.41, 5.74) is 4.46. The number of anilines is 1. The van der Waals surface area contributed by atoms with E-state index >= 15 is 0 Å². The molecule has 2 N–H and O–H groups in total. The van der Waals surface area contributed by atoms with Crippen molar-refractivity contribution in [2.24, 2.45) is 7.05 Å². The van der Waals surface area contributed by atoms with Crippen LogP contribution in [0.25, 0.3) is 0 Å². The SMILES string of the molecule is Cn1cc(S(=O)(=O)CCC(=O)Nc2ccc3c(c2)C(C2(c4ccc(Cl)cc4)CCC2)NCC3)cn1. The lowest BCUT2D eigenvalue weighted by Gasteiger charge is -2.50. The second kappa shape index (κ2) is 9.41. The highest BCUT2D eigenvalue weighted by atomic mass is 35.5. The van der Waals surface area contributed by atoms with E-state index in [1.54, 1.807) is 7.05 Å². The number of hydrogen-bond acceptors (Lipinski definition) is 5. The van der Waals surface area contributed by atoms with Gasteiger partial charge in [0.15, 0.2) is 9.84 Å². The molecule has 1 atom stereocenters. The van der Waals surface area contributed by atoms with Crippen LogP contribution in [0.2, 0.25) is 5.02 Å². The molecule has 1 fully saturated rings. The third kappa shape index (κ3) is 4.75. The van der Waals surface area contributed by atoms with Crippen LogP contribution in [0.4, 0.5) is 5.69 Å². The molecule has 2 aliphatic rings. The third-order valence-electron chi connectivity index (χ3n) is 7.34. The maximum atomic E-state index is 12.6. The van der Waals surface area contributed by atoms with Gasteiger partial charge in [0.25, 0.3) is 0 Å². The van der Waals surface area contributed by atoms with Gasteiger partial charge in [-0.3, -0.25) is 9.48 Å². The van der Waals surface area contributed by atoms with Gasteiger partial charge in [-0.05, 0) is 66.8 Å². The Morgan fingerprint density at radius 3 is 2.66 bits per heavy atom. The summed E-state index contributed by atoms with van der Waals surface area (Å²) in [4.78, 5) is 12.8. The number of fused-ring (bicyclic) bond motifs is 1. The van der Waals surface area contributed by atoms with Crippen LogP contribution in [-0.2, 0) is 33.5 Å². The van der Waals surface area contributed by atoms with Crippen molar-refractivity contribution in [1.29, 1.82) is 0 Å². The summed E-state index contributed by atoms with van der Waals surface area (Å²) >= 11 is 6.15. The summed E-state index contributed by atoms with van der Waals surface area (Å²) in [6, 6.07) is 14.4. The molecule has 1 amide bonds. The van der Waals surface area contributed by atoms with Crippen molar-refractivity contribution in [2.75, 3.05) is 17.6 Å². The fourth-order valence-corrected chi connectivity index (χ4v) is 6.67. The standard InChI is InChI=1S/C26H29ClN4O3S/c1-31-17-22(16-29-31)35(33,34)14-10-24(32)30-21-8-3-18-9-13-28-25(23(18)15-21)26(11-2-12-26)19-4-6-20(27)7-5-19/h3-8,15-17,25,28H,2,9-14H2,1H3,(H,30,32). The molecule has 0 spiro atoms. The number of aryl methyl sites for hydroxylation is 1. The Labute approximate surface area is 210 Å². The molecule has 1 aliphatic carbocycles. The molecule has 1 unspecified atom stereocenters. The van der Waals surface area contributed by atoms with Crippen molar-refractivity contribution in [1.82, 2.24) is 15.1 Å². The number of halogens is 1. The molecule has 7 nitrogen and oxygen atoms in total. The van der Waals surface area contributed by atoms with Crippen molar-refractivity contribution >= 4 is 33.0 Å². The quantitative estimate of drug-likeness (QED) is 0.495. The Balaban J connectivity index is 1.33. The van der Waals surface area contributed by atoms with Crippen LogP contribution in [0.1, 0.15) is 48.4 Å². The monoisotopic (exact) mass is 512 g/mol. The average molecular weight is 513 g/mol. The summed E-state index contributed by atoms with van der Waals surface area (Å²) in [7, 11) is -1.91. The van der Waals surface area contributed by atoms with Gasteiger partial charge in [0, 0.05) is 41.8 Å². The molecular weight excluding hydrogens is 484 g/mol. The predicted octanol–water partition coefficient (Wildman–Crippen LogP) is 4.18. The predicted molar refractivity (Wildman–Crippen MR) is 136 cm³/mol. The lowest BCUT2D eigenvalue weighted by Crippen LogP contribution is -2.49. The first-order chi connectivity index (χ1) is 16.8. The van der Waals surface area contributed by atoms with E-state index in [0.29, 0.717) is 5.69 Å². The minimum Gasteiger partial charge on any atom is -0.326 e. The number of carbonyl (C=O) groups excluding carboxylic acids is 1. The minimum atomic E-state index is -3.56. The number of aromatic nitrogens is 2. The second-order valence-corrected chi connectivity index (χ2v) is 12.1. The summed E-state index contributed by atoms with van der Waals surface area (Å²) in [5, 5.41) is 11.3. The molecule has 0 radical (unpaired) electrons. The zero-order valence-corrected chi connectivity index (χ0v) is 21.2. The largest absolute Gasteiger partial charge is 0.326 e. The van der Waals surface area contributed by atoms with E-state index in [2.05, 4.69) is 40.0 Å². The Hall–Kier alpha value is -2.68. The number of hydrogen-bond donors (Lipinski definition) is 2. The van der Waals surface area contributed by atoms with Crippen LogP contribution in [0, 0.1) is 0 Å². The fourth-order valence-electron chi connectivity index (χ4n) is 5.33. The van der Waals surface area contributed by atoms with Crippen LogP contribution in [0.3, 0.4) is 0 Å². The zero-order valence-electron chi connectivity index (χ0n) is 19.6. The van der Waals surface area contributed by atoms with Crippen molar-refractivity contribution in [2.45, 2.75) is 48.5 Å². The van der Waals surface area contributed by atoms with Gasteiger partial charge in [-0.15, -0.1) is 0 Å². The molecule has 1 aromatic heterocycles. The lowest BCUT2D eigenvalue weighted by atomic mass is 9.58. The molecule has 2 heterocycles. The number of nitrogens with zero attached hydrogens (tertiary/aromatic N) is 2. The van der Waals surface area contributed by atoms with Crippen molar-refractivity contribution < 1.29 is 13.2 Å². The van der Waals surface area contributed by atoms with E-state index in [9.17, 15) is 13.2 Å². The molecule has 1 aliphatic heterocycles. The van der Waals surface area contributed by atoms with Gasteiger partial charge < -0.3 is 10.6 Å². The van der Waals surface area contributed by atoms with Crippen molar-refractivity contribution in [3.63, 3.8) is 0 Å². The van der Waals surface area contributed by atoms with Gasteiger partial charge in [-0.1, -0.05) is 36.2 Å². The van der Waals surface area contributed by atoms with Crippen molar-refractivity contribution in [3.05, 3.63) is 76.6 Å². The normalized spacial score (nSPS) is 19.0. The number of rotatable bonds is 7. The highest BCUT2D eigenvalue weighted by Gasteiger charge is 2.47. The number of carbonyl (C=O) groups is 1. The minimum absolute atomic E-state index is 0.000187. The van der Waals surface area contributed by atoms with Gasteiger partial charge in [-0.25, -0.2) is 8.42 Å². The van der Waals surface area contributed by atoms with Gasteiger partial charge in [0.2, 0.25) is 5.91 Å². The van der Waals surface area contributed by atoms with Crippen LogP contribution < -0.4 is 10.6 Å². The Morgan fingerprint density at radius 1 is 1.23 bits per heavy atom. The van der Waals surface area contributed by atoms with E-state index < -0.39 is 9.84 Å². The highest BCUT2D eigenvalue weighted by Crippen LogP contribution is 2.53. The average Bonchev–Trinajstić information content (AvgIpc) is 3.26. The first-order valence-corrected chi connectivity index (χ1v) is 13.9. The highest BCUT2D eigenvalue weighted by molar-refractivity contribution is 7.91. The number of amides is 1. The Morgan fingerprint density at radius 2 is 2.00 bits per heavy atom. The first-order valence-electron chi connectivity index (χ1n) is 11.9. The summed E-state index contributed by atoms with van der Waals surface area (Å²) in [6.07, 6.45) is 6.92. The molecule has 184 valence electrons. The number of benzene rings is 2. The maximum Gasteiger partial charge on any atom is 0.225 e. The first kappa shape index (κ1) is 24.0. The van der Waals surface area contributed by atoms with E-state index in [4.69, 9.17) is 11.6 Å². The van der Waals surface area contributed by atoms with Crippen LogP contribution in [0.5, 0.6) is 0 Å². The van der Waals surface area contributed by atoms with E-state index in [-0.39, 0.29) is 34.4 Å². The Kier molecular flexibility index (Phi) is 6.46. The summed E-state index contributed by atoms with van der Waals surface area (Å²) < 4.78 is 26.4. The summed E-state index contributed by atoms with van der Waals surface area (Å²) in [5.74, 6) is -0.590. The summed E-state index contributed by atoms with van der Waals surface area (Å²) in [6.45, 7) is 0.908. The molecule has 1 saturated carbocycles. The second-order valence-electron chi connectivity index (χ2n) is 9.53. The maximum absolute atomic E-state index is 12.6. The Bertz CT molecular complexity index is 1350. The smallest absolute Gasteiger partial charge is 0.225 e. The van der Waals surface area contributed by atoms with E-state index in [0.717, 1.165) is 30.8 Å². The topological polar surface area (TPSA) is 93.1 Å². The van der Waals surface area contributed by atoms with Gasteiger partial charge in [-0.2, -0.15) is 5.10 Å². The number of sulfone groups is 1. The molecule has 35 heavy (non-hydrogen) atoms. The van der Waals surface area contributed by atoms with E-state index in [1.165, 1.54) is 40.2 Å². The fraction of sp³-hybridized carbons (Fsp3) is 0.385. The molecular formula is C26H29ClN4O3S. The van der Waals surface area contributed by atoms with Crippen LogP contribution >= 0.6 is 11.6 Å². The zero-order chi connectivity index (χ0) is 24.6. The van der Waals surface area contributed by atoms with Crippen LogP contribution in [-0.4, -0.2) is 36.4 Å². The molecule has 9 heteroatoms. The molecule has 0 saturated heterocycles. The van der Waals surface area contributed by atoms with Crippen LogP contribution in [0.15, 0.2) is 59.8 Å². The third-order valence-corrected chi connectivity index (χ3v) is 9.26. The lowest BCUT2D eigenvalue weighted by molar-refractivity contribution is -0.115. The van der Waals surface area contributed by atoms with Gasteiger partial charge in [0.1, 0.15) is 4.90 Å². The van der Waals surface area contributed by atoms with Crippen molar-refractivity contribution in [3.8, 4) is 0 Å². The molecule has 0 bridgehead atoms.